The van der Waals surface area contributed by atoms with Gasteiger partial charge in [0.25, 0.3) is 10.0 Å². The molecule has 1 heterocycles. The average molecular weight is 430 g/mol. The van der Waals surface area contributed by atoms with E-state index >= 15 is 0 Å². The first-order valence-corrected chi connectivity index (χ1v) is 11.5. The SMILES string of the molecule is CC(=O)Nc1ccc(S(=O)(=O)Nc2ccc3c(c2)CCC(=O)N3CCC(C)C)cc1. The number of fused-ring (bicyclic) bond motifs is 1. The number of nitrogens with one attached hydrogen (secondary N) is 2. The van der Waals surface area contributed by atoms with Crippen LogP contribution in [0.25, 0.3) is 0 Å². The quantitative estimate of drug-likeness (QED) is 0.700. The summed E-state index contributed by atoms with van der Waals surface area (Å²) in [5.41, 5.74) is 2.80. The summed E-state index contributed by atoms with van der Waals surface area (Å²) >= 11 is 0. The number of carbonyl (C=O) groups excluding carboxylic acids is 2. The Balaban J connectivity index is 1.79. The van der Waals surface area contributed by atoms with Crippen LogP contribution in [0.15, 0.2) is 47.4 Å². The number of hydrogen-bond acceptors (Lipinski definition) is 4. The first-order chi connectivity index (χ1) is 14.2. The molecule has 0 unspecified atom stereocenters. The summed E-state index contributed by atoms with van der Waals surface area (Å²) < 4.78 is 28.1. The second-order valence-electron chi connectivity index (χ2n) is 7.88. The molecule has 2 amide bonds. The van der Waals surface area contributed by atoms with E-state index in [1.54, 1.807) is 29.2 Å². The number of hydrogen-bond donors (Lipinski definition) is 2. The second kappa shape index (κ2) is 8.87. The van der Waals surface area contributed by atoms with Gasteiger partial charge < -0.3 is 10.2 Å². The standard InChI is InChI=1S/C22H27N3O4S/c1-15(2)12-13-25-21-10-7-19(14-17(21)4-11-22(25)27)24-30(28,29)20-8-5-18(6-9-20)23-16(3)26/h5-10,14-15,24H,4,11-13H2,1-3H3,(H,23,26). The van der Waals surface area contributed by atoms with Gasteiger partial charge in [-0.25, -0.2) is 8.42 Å². The van der Waals surface area contributed by atoms with Gasteiger partial charge in [-0.05, 0) is 66.8 Å². The third-order valence-electron chi connectivity index (χ3n) is 4.95. The van der Waals surface area contributed by atoms with Crippen LogP contribution in [0.3, 0.4) is 0 Å². The van der Waals surface area contributed by atoms with E-state index in [4.69, 9.17) is 0 Å². The molecule has 0 spiro atoms. The van der Waals surface area contributed by atoms with Crippen molar-refractivity contribution in [1.29, 1.82) is 0 Å². The van der Waals surface area contributed by atoms with Crippen LogP contribution >= 0.6 is 0 Å². The van der Waals surface area contributed by atoms with E-state index in [2.05, 4.69) is 23.9 Å². The summed E-state index contributed by atoms with van der Waals surface area (Å²) in [6.45, 7) is 6.29. The van der Waals surface area contributed by atoms with Crippen molar-refractivity contribution in [2.45, 2.75) is 44.9 Å². The molecule has 7 nitrogen and oxygen atoms in total. The Bertz CT molecular complexity index is 1050. The van der Waals surface area contributed by atoms with Crippen molar-refractivity contribution in [1.82, 2.24) is 0 Å². The number of rotatable bonds is 7. The normalized spacial score (nSPS) is 13.9. The van der Waals surface area contributed by atoms with E-state index in [-0.39, 0.29) is 16.7 Å². The minimum atomic E-state index is -3.77. The number of nitrogens with zero attached hydrogens (tertiary/aromatic N) is 1. The van der Waals surface area contributed by atoms with Gasteiger partial charge in [-0.15, -0.1) is 0 Å². The van der Waals surface area contributed by atoms with Gasteiger partial charge in [0.15, 0.2) is 0 Å². The predicted octanol–water partition coefficient (Wildman–Crippen LogP) is 3.77. The minimum Gasteiger partial charge on any atom is -0.326 e. The molecule has 1 aliphatic rings. The van der Waals surface area contributed by atoms with Crippen molar-refractivity contribution in [3.8, 4) is 0 Å². The van der Waals surface area contributed by atoms with Gasteiger partial charge in [0.1, 0.15) is 0 Å². The molecule has 0 atom stereocenters. The van der Waals surface area contributed by atoms with E-state index in [0.29, 0.717) is 36.7 Å². The van der Waals surface area contributed by atoms with E-state index in [9.17, 15) is 18.0 Å². The summed E-state index contributed by atoms with van der Waals surface area (Å²) in [6, 6.07) is 11.3. The van der Waals surface area contributed by atoms with Crippen LogP contribution in [0.1, 0.15) is 39.2 Å². The Hall–Kier alpha value is -2.87. The molecule has 0 saturated heterocycles. The van der Waals surface area contributed by atoms with Crippen LogP contribution in [0.5, 0.6) is 0 Å². The number of carbonyl (C=O) groups is 2. The minimum absolute atomic E-state index is 0.100. The lowest BCUT2D eigenvalue weighted by Gasteiger charge is -2.30. The summed E-state index contributed by atoms with van der Waals surface area (Å²) in [7, 11) is -3.77. The maximum absolute atomic E-state index is 12.7. The molecular weight excluding hydrogens is 402 g/mol. The highest BCUT2D eigenvalue weighted by Gasteiger charge is 2.25. The van der Waals surface area contributed by atoms with Gasteiger partial charge in [-0.1, -0.05) is 13.8 Å². The Morgan fingerprint density at radius 2 is 1.73 bits per heavy atom. The largest absolute Gasteiger partial charge is 0.326 e. The highest BCUT2D eigenvalue weighted by Crippen LogP contribution is 2.31. The Labute approximate surface area is 177 Å². The van der Waals surface area contributed by atoms with Crippen molar-refractivity contribution in [3.05, 3.63) is 48.0 Å². The fourth-order valence-electron chi connectivity index (χ4n) is 3.39. The van der Waals surface area contributed by atoms with Gasteiger partial charge in [-0.3, -0.25) is 14.3 Å². The molecule has 0 aliphatic carbocycles. The highest BCUT2D eigenvalue weighted by atomic mass is 32.2. The summed E-state index contributed by atoms with van der Waals surface area (Å²) in [4.78, 5) is 25.4. The Morgan fingerprint density at radius 1 is 1.07 bits per heavy atom. The van der Waals surface area contributed by atoms with Crippen molar-refractivity contribution < 1.29 is 18.0 Å². The number of aryl methyl sites for hydroxylation is 1. The molecule has 0 bridgehead atoms. The highest BCUT2D eigenvalue weighted by molar-refractivity contribution is 7.92. The van der Waals surface area contributed by atoms with Crippen molar-refractivity contribution >= 4 is 38.9 Å². The first kappa shape index (κ1) is 21.8. The molecule has 0 aromatic heterocycles. The van der Waals surface area contributed by atoms with Crippen LogP contribution in [0.4, 0.5) is 17.1 Å². The van der Waals surface area contributed by atoms with Crippen LogP contribution in [-0.2, 0) is 26.0 Å². The smallest absolute Gasteiger partial charge is 0.261 e. The van der Waals surface area contributed by atoms with Gasteiger partial charge >= 0.3 is 0 Å². The monoisotopic (exact) mass is 429 g/mol. The van der Waals surface area contributed by atoms with Crippen LogP contribution in [0.2, 0.25) is 0 Å². The maximum atomic E-state index is 12.7. The topological polar surface area (TPSA) is 95.6 Å². The number of sulfonamides is 1. The van der Waals surface area contributed by atoms with Gasteiger partial charge in [0.2, 0.25) is 11.8 Å². The van der Waals surface area contributed by atoms with Gasteiger partial charge in [0.05, 0.1) is 4.90 Å². The van der Waals surface area contributed by atoms with Crippen LogP contribution in [0, 0.1) is 5.92 Å². The number of amides is 2. The first-order valence-electron chi connectivity index (χ1n) is 9.99. The van der Waals surface area contributed by atoms with E-state index in [1.807, 2.05) is 6.07 Å². The fourth-order valence-corrected chi connectivity index (χ4v) is 4.44. The van der Waals surface area contributed by atoms with E-state index < -0.39 is 10.0 Å². The third kappa shape index (κ3) is 5.18. The van der Waals surface area contributed by atoms with Gasteiger partial charge in [-0.2, -0.15) is 0 Å². The fraction of sp³-hybridized carbons (Fsp3) is 0.364. The number of anilines is 3. The van der Waals surface area contributed by atoms with E-state index in [0.717, 1.165) is 17.7 Å². The molecule has 3 rings (SSSR count). The summed E-state index contributed by atoms with van der Waals surface area (Å²) in [5, 5.41) is 2.61. The molecule has 2 aromatic rings. The summed E-state index contributed by atoms with van der Waals surface area (Å²) in [5.74, 6) is 0.376. The zero-order valence-corrected chi connectivity index (χ0v) is 18.3. The molecule has 0 radical (unpaired) electrons. The lowest BCUT2D eigenvalue weighted by Crippen LogP contribution is -2.36. The lowest BCUT2D eigenvalue weighted by molar-refractivity contribution is -0.119. The van der Waals surface area contributed by atoms with Gasteiger partial charge in [0, 0.05) is 37.0 Å². The molecule has 1 aliphatic heterocycles. The molecule has 0 fully saturated rings. The average Bonchev–Trinajstić information content (AvgIpc) is 2.67. The third-order valence-corrected chi connectivity index (χ3v) is 6.34. The molecule has 30 heavy (non-hydrogen) atoms. The zero-order chi connectivity index (χ0) is 21.9. The Kier molecular flexibility index (Phi) is 6.45. The van der Waals surface area contributed by atoms with Crippen molar-refractivity contribution in [2.24, 2.45) is 5.92 Å². The second-order valence-corrected chi connectivity index (χ2v) is 9.56. The lowest BCUT2D eigenvalue weighted by atomic mass is 9.99. The molecular formula is C22H27N3O4S. The summed E-state index contributed by atoms with van der Waals surface area (Å²) in [6.07, 6.45) is 1.92. The molecule has 8 heteroatoms. The predicted molar refractivity (Wildman–Crippen MR) is 118 cm³/mol. The van der Waals surface area contributed by atoms with Crippen molar-refractivity contribution in [3.63, 3.8) is 0 Å². The molecule has 2 aromatic carbocycles. The van der Waals surface area contributed by atoms with Crippen LogP contribution in [-0.4, -0.2) is 26.8 Å². The zero-order valence-electron chi connectivity index (χ0n) is 17.4. The molecule has 0 saturated carbocycles. The Morgan fingerprint density at radius 3 is 2.37 bits per heavy atom. The molecule has 160 valence electrons. The number of benzene rings is 2. The van der Waals surface area contributed by atoms with Crippen molar-refractivity contribution in [2.75, 3.05) is 21.5 Å². The maximum Gasteiger partial charge on any atom is 0.261 e. The molecule has 2 N–H and O–H groups in total. The van der Waals surface area contributed by atoms with E-state index in [1.165, 1.54) is 19.1 Å². The van der Waals surface area contributed by atoms with Crippen LogP contribution < -0.4 is 14.9 Å².